The lowest BCUT2D eigenvalue weighted by Crippen LogP contribution is -1.95. The van der Waals surface area contributed by atoms with Gasteiger partial charge >= 0.3 is 0 Å². The molecular formula is C23H26N2OS. The molecule has 0 unspecified atom stereocenters. The van der Waals surface area contributed by atoms with Crippen LogP contribution in [0.3, 0.4) is 0 Å². The average molecular weight is 379 g/mol. The van der Waals surface area contributed by atoms with Gasteiger partial charge in [0.25, 0.3) is 0 Å². The number of hydrogen-bond acceptors (Lipinski definition) is 4. The molecule has 27 heavy (non-hydrogen) atoms. The van der Waals surface area contributed by atoms with Crippen LogP contribution in [0.25, 0.3) is 21.7 Å². The first-order chi connectivity index (χ1) is 13.3. The van der Waals surface area contributed by atoms with E-state index < -0.39 is 0 Å². The maximum atomic E-state index is 5.78. The van der Waals surface area contributed by atoms with Crippen molar-refractivity contribution in [3.63, 3.8) is 0 Å². The summed E-state index contributed by atoms with van der Waals surface area (Å²) >= 11 is 1.68. The SMILES string of the molecule is CCC=CCCOc1ccc(-c2ccc(-c3nnc(CCC)s3)cc2)cc1. The van der Waals surface area contributed by atoms with Crippen molar-refractivity contribution in [3.05, 3.63) is 65.7 Å². The van der Waals surface area contributed by atoms with Crippen molar-refractivity contribution in [1.82, 2.24) is 10.2 Å². The van der Waals surface area contributed by atoms with E-state index in [-0.39, 0.29) is 0 Å². The zero-order chi connectivity index (χ0) is 18.9. The molecule has 3 rings (SSSR count). The molecule has 0 spiro atoms. The van der Waals surface area contributed by atoms with Crippen LogP contribution in [0.2, 0.25) is 0 Å². The van der Waals surface area contributed by atoms with E-state index in [4.69, 9.17) is 4.74 Å². The van der Waals surface area contributed by atoms with Gasteiger partial charge in [-0.05, 0) is 42.5 Å². The Bertz CT molecular complexity index is 851. The molecule has 1 aromatic heterocycles. The third-order valence-electron chi connectivity index (χ3n) is 4.21. The molecule has 0 N–H and O–H groups in total. The molecule has 4 heteroatoms. The molecule has 3 aromatic rings. The quantitative estimate of drug-likeness (QED) is 0.312. The summed E-state index contributed by atoms with van der Waals surface area (Å²) in [6.07, 6.45) is 8.46. The fourth-order valence-electron chi connectivity index (χ4n) is 2.76. The Labute approximate surface area is 165 Å². The summed E-state index contributed by atoms with van der Waals surface area (Å²) in [5.41, 5.74) is 3.50. The van der Waals surface area contributed by atoms with Crippen LogP contribution in [0.15, 0.2) is 60.7 Å². The molecule has 1 heterocycles. The standard InChI is InChI=1S/C23H26N2OS/c1-3-5-6-7-17-26-21-15-13-19(14-16-21)18-9-11-20(12-10-18)23-25-24-22(27-23)8-4-2/h5-6,9-16H,3-4,7-8,17H2,1-2H3. The summed E-state index contributed by atoms with van der Waals surface area (Å²) in [6, 6.07) is 16.8. The third kappa shape index (κ3) is 5.51. The zero-order valence-electron chi connectivity index (χ0n) is 16.0. The Balaban J connectivity index is 1.61. The first-order valence-electron chi connectivity index (χ1n) is 9.61. The number of hydrogen-bond donors (Lipinski definition) is 0. The topological polar surface area (TPSA) is 35.0 Å². The number of rotatable bonds is 9. The van der Waals surface area contributed by atoms with E-state index in [1.54, 1.807) is 11.3 Å². The largest absolute Gasteiger partial charge is 0.493 e. The van der Waals surface area contributed by atoms with Crippen LogP contribution in [-0.2, 0) is 6.42 Å². The molecular weight excluding hydrogens is 352 g/mol. The lowest BCUT2D eigenvalue weighted by molar-refractivity contribution is 0.325. The van der Waals surface area contributed by atoms with Crippen molar-refractivity contribution in [2.24, 2.45) is 0 Å². The van der Waals surface area contributed by atoms with Gasteiger partial charge in [0.1, 0.15) is 15.8 Å². The molecule has 3 nitrogen and oxygen atoms in total. The molecule has 0 bridgehead atoms. The fraction of sp³-hybridized carbons (Fsp3) is 0.304. The Kier molecular flexibility index (Phi) is 7.17. The van der Waals surface area contributed by atoms with Crippen LogP contribution in [0.5, 0.6) is 5.75 Å². The molecule has 0 aliphatic rings. The molecule has 0 saturated heterocycles. The summed E-state index contributed by atoms with van der Waals surface area (Å²) < 4.78 is 5.78. The fourth-order valence-corrected chi connectivity index (χ4v) is 3.71. The zero-order valence-corrected chi connectivity index (χ0v) is 16.8. The van der Waals surface area contributed by atoms with E-state index in [0.717, 1.165) is 47.0 Å². The second kappa shape index (κ2) is 10.0. The van der Waals surface area contributed by atoms with Crippen molar-refractivity contribution in [3.8, 4) is 27.4 Å². The number of nitrogens with zero attached hydrogens (tertiary/aromatic N) is 2. The first kappa shape index (κ1) is 19.3. The lowest BCUT2D eigenvalue weighted by Gasteiger charge is -2.07. The van der Waals surface area contributed by atoms with Crippen LogP contribution in [0, 0.1) is 0 Å². The van der Waals surface area contributed by atoms with Crippen LogP contribution in [0.1, 0.15) is 38.1 Å². The van der Waals surface area contributed by atoms with Gasteiger partial charge in [-0.3, -0.25) is 0 Å². The van der Waals surface area contributed by atoms with Gasteiger partial charge in [0.15, 0.2) is 0 Å². The summed E-state index contributed by atoms with van der Waals surface area (Å²) in [5, 5.41) is 10.7. The van der Waals surface area contributed by atoms with Gasteiger partial charge in [-0.1, -0.05) is 73.7 Å². The van der Waals surface area contributed by atoms with E-state index in [0.29, 0.717) is 6.61 Å². The Morgan fingerprint density at radius 3 is 2.19 bits per heavy atom. The van der Waals surface area contributed by atoms with Gasteiger partial charge in [0, 0.05) is 12.0 Å². The van der Waals surface area contributed by atoms with Crippen LogP contribution < -0.4 is 4.74 Å². The van der Waals surface area contributed by atoms with Gasteiger partial charge in [-0.15, -0.1) is 10.2 Å². The van der Waals surface area contributed by atoms with Crippen molar-refractivity contribution >= 4 is 11.3 Å². The summed E-state index contributed by atoms with van der Waals surface area (Å²) in [4.78, 5) is 0. The number of allylic oxidation sites excluding steroid dienone is 1. The minimum Gasteiger partial charge on any atom is -0.493 e. The number of aromatic nitrogens is 2. The molecule has 0 saturated carbocycles. The average Bonchev–Trinajstić information content (AvgIpc) is 3.17. The van der Waals surface area contributed by atoms with Gasteiger partial charge < -0.3 is 4.74 Å². The predicted molar refractivity (Wildman–Crippen MR) is 114 cm³/mol. The Morgan fingerprint density at radius 1 is 0.852 bits per heavy atom. The molecule has 0 aliphatic heterocycles. The van der Waals surface area contributed by atoms with E-state index in [1.165, 1.54) is 11.1 Å². The minimum absolute atomic E-state index is 0.715. The number of aryl methyl sites for hydroxylation is 1. The van der Waals surface area contributed by atoms with Gasteiger partial charge in [0.2, 0.25) is 0 Å². The minimum atomic E-state index is 0.715. The summed E-state index contributed by atoms with van der Waals surface area (Å²) in [5.74, 6) is 0.914. The van der Waals surface area contributed by atoms with E-state index in [2.05, 4.69) is 72.6 Å². The summed E-state index contributed by atoms with van der Waals surface area (Å²) in [7, 11) is 0. The monoisotopic (exact) mass is 378 g/mol. The van der Waals surface area contributed by atoms with E-state index in [1.807, 2.05) is 12.1 Å². The lowest BCUT2D eigenvalue weighted by atomic mass is 10.0. The Morgan fingerprint density at radius 2 is 1.52 bits per heavy atom. The van der Waals surface area contributed by atoms with Crippen LogP contribution >= 0.6 is 11.3 Å². The van der Waals surface area contributed by atoms with E-state index >= 15 is 0 Å². The predicted octanol–water partition coefficient (Wildman–Crippen LogP) is 6.56. The molecule has 2 aromatic carbocycles. The highest BCUT2D eigenvalue weighted by molar-refractivity contribution is 7.14. The smallest absolute Gasteiger partial charge is 0.147 e. The van der Waals surface area contributed by atoms with Crippen molar-refractivity contribution in [2.75, 3.05) is 6.61 Å². The second-order valence-electron chi connectivity index (χ2n) is 6.37. The van der Waals surface area contributed by atoms with E-state index in [9.17, 15) is 0 Å². The third-order valence-corrected chi connectivity index (χ3v) is 5.24. The molecule has 0 radical (unpaired) electrons. The Hall–Kier alpha value is -2.46. The van der Waals surface area contributed by atoms with Crippen LogP contribution in [-0.4, -0.2) is 16.8 Å². The van der Waals surface area contributed by atoms with Crippen molar-refractivity contribution < 1.29 is 4.74 Å². The first-order valence-corrected chi connectivity index (χ1v) is 10.4. The number of ether oxygens (including phenoxy) is 1. The highest BCUT2D eigenvalue weighted by Crippen LogP contribution is 2.28. The summed E-state index contributed by atoms with van der Waals surface area (Å²) in [6.45, 7) is 5.02. The molecule has 140 valence electrons. The molecule has 0 amide bonds. The second-order valence-corrected chi connectivity index (χ2v) is 7.43. The maximum Gasteiger partial charge on any atom is 0.147 e. The normalized spacial score (nSPS) is 11.2. The molecule has 0 fully saturated rings. The highest BCUT2D eigenvalue weighted by atomic mass is 32.1. The van der Waals surface area contributed by atoms with Crippen LogP contribution in [0.4, 0.5) is 0 Å². The number of benzene rings is 2. The molecule has 0 aliphatic carbocycles. The van der Waals surface area contributed by atoms with Crippen molar-refractivity contribution in [1.29, 1.82) is 0 Å². The maximum absolute atomic E-state index is 5.78. The highest BCUT2D eigenvalue weighted by Gasteiger charge is 2.07. The van der Waals surface area contributed by atoms with Gasteiger partial charge in [0.05, 0.1) is 6.61 Å². The van der Waals surface area contributed by atoms with Gasteiger partial charge in [-0.25, -0.2) is 0 Å². The van der Waals surface area contributed by atoms with Crippen molar-refractivity contribution in [2.45, 2.75) is 39.5 Å². The van der Waals surface area contributed by atoms with Gasteiger partial charge in [-0.2, -0.15) is 0 Å². The molecule has 0 atom stereocenters.